The number of nitrogens with zero attached hydrogens (tertiary/aromatic N) is 1. The van der Waals surface area contributed by atoms with Gasteiger partial charge < -0.3 is 20.5 Å². The Morgan fingerprint density at radius 1 is 1.44 bits per heavy atom. The number of aliphatic hydroxyl groups is 1. The van der Waals surface area contributed by atoms with E-state index in [1.54, 1.807) is 23.9 Å². The fourth-order valence-corrected chi connectivity index (χ4v) is 3.79. The molecular weight excluding hydrogens is 341 g/mol. The van der Waals surface area contributed by atoms with Gasteiger partial charge in [0, 0.05) is 18.4 Å². The van der Waals surface area contributed by atoms with E-state index in [9.17, 15) is 9.50 Å². The van der Waals surface area contributed by atoms with Crippen LogP contribution in [0.1, 0.15) is 26.7 Å². The number of ether oxygens (including phenoxy) is 1. The van der Waals surface area contributed by atoms with Gasteiger partial charge in [-0.2, -0.15) is 11.8 Å². The van der Waals surface area contributed by atoms with E-state index in [2.05, 4.69) is 15.6 Å². The van der Waals surface area contributed by atoms with Gasteiger partial charge >= 0.3 is 0 Å². The Kier molecular flexibility index (Phi) is 7.84. The van der Waals surface area contributed by atoms with Crippen molar-refractivity contribution in [3.63, 3.8) is 0 Å². The number of halogens is 1. The summed E-state index contributed by atoms with van der Waals surface area (Å²) in [5.74, 6) is 2.59. The zero-order chi connectivity index (χ0) is 18.1. The van der Waals surface area contributed by atoms with Crippen LogP contribution in [0.2, 0.25) is 0 Å². The van der Waals surface area contributed by atoms with E-state index < -0.39 is 5.60 Å². The summed E-state index contributed by atoms with van der Waals surface area (Å²) < 4.78 is 19.1. The maximum Gasteiger partial charge on any atom is 0.191 e. The molecule has 140 valence electrons. The van der Waals surface area contributed by atoms with Crippen LogP contribution >= 0.6 is 11.8 Å². The predicted molar refractivity (Wildman–Crippen MR) is 102 cm³/mol. The largest absolute Gasteiger partial charge is 0.489 e. The monoisotopic (exact) mass is 369 g/mol. The lowest BCUT2D eigenvalue weighted by Crippen LogP contribution is -2.44. The quantitative estimate of drug-likeness (QED) is 0.485. The molecule has 0 saturated carbocycles. The van der Waals surface area contributed by atoms with Gasteiger partial charge in [-0.1, -0.05) is 13.0 Å². The third-order valence-corrected chi connectivity index (χ3v) is 5.24. The van der Waals surface area contributed by atoms with Gasteiger partial charge in [0.05, 0.1) is 18.7 Å². The maximum atomic E-state index is 13.3. The van der Waals surface area contributed by atoms with E-state index in [4.69, 9.17) is 4.74 Å². The van der Waals surface area contributed by atoms with E-state index in [1.807, 2.05) is 13.8 Å². The van der Waals surface area contributed by atoms with Crippen molar-refractivity contribution in [2.45, 2.75) is 38.4 Å². The Bertz CT molecular complexity index is 565. The number of benzene rings is 1. The second-order valence-corrected chi connectivity index (χ2v) is 7.31. The van der Waals surface area contributed by atoms with Gasteiger partial charge in [0.2, 0.25) is 0 Å². The van der Waals surface area contributed by atoms with Crippen LogP contribution < -0.4 is 15.4 Å². The van der Waals surface area contributed by atoms with Crippen LogP contribution in [0.15, 0.2) is 29.3 Å². The molecule has 3 N–H and O–H groups in total. The molecular formula is C18H28FN3O2S. The van der Waals surface area contributed by atoms with E-state index in [0.29, 0.717) is 24.8 Å². The second-order valence-electron chi connectivity index (χ2n) is 6.21. The lowest BCUT2D eigenvalue weighted by molar-refractivity contribution is 0.0778. The molecule has 1 aromatic carbocycles. The Hall–Kier alpha value is -1.47. The molecule has 25 heavy (non-hydrogen) atoms. The minimum atomic E-state index is -0.699. The number of aliphatic imine (C=N–C) groups is 1. The molecule has 0 aromatic heterocycles. The molecule has 5 nitrogen and oxygen atoms in total. The maximum absolute atomic E-state index is 13.3. The van der Waals surface area contributed by atoms with Crippen molar-refractivity contribution in [1.82, 2.24) is 10.6 Å². The topological polar surface area (TPSA) is 65.9 Å². The minimum Gasteiger partial charge on any atom is -0.489 e. The average molecular weight is 370 g/mol. The highest BCUT2D eigenvalue weighted by atomic mass is 32.2. The van der Waals surface area contributed by atoms with Crippen LogP contribution in [0.25, 0.3) is 0 Å². The summed E-state index contributed by atoms with van der Waals surface area (Å²) in [7, 11) is 0. The van der Waals surface area contributed by atoms with E-state index in [0.717, 1.165) is 30.9 Å². The van der Waals surface area contributed by atoms with Crippen molar-refractivity contribution in [2.24, 2.45) is 4.99 Å². The SMILES string of the molecule is CCNC(=NCC1(O)CCSC1)NCC(CC)Oc1cccc(F)c1. The van der Waals surface area contributed by atoms with Crippen LogP contribution in [0.3, 0.4) is 0 Å². The molecule has 1 fully saturated rings. The Labute approximate surface area is 153 Å². The highest BCUT2D eigenvalue weighted by Gasteiger charge is 2.31. The number of rotatable bonds is 8. The lowest BCUT2D eigenvalue weighted by atomic mass is 10.1. The molecule has 2 unspecified atom stereocenters. The number of hydrogen-bond donors (Lipinski definition) is 3. The third-order valence-electron chi connectivity index (χ3n) is 4.01. The molecule has 1 saturated heterocycles. The number of hydrogen-bond acceptors (Lipinski definition) is 4. The molecule has 7 heteroatoms. The molecule has 0 radical (unpaired) electrons. The fraction of sp³-hybridized carbons (Fsp3) is 0.611. The summed E-state index contributed by atoms with van der Waals surface area (Å²) in [5, 5.41) is 16.8. The first kappa shape index (κ1) is 19.8. The first-order valence-corrected chi connectivity index (χ1v) is 9.94. The van der Waals surface area contributed by atoms with Gasteiger partial charge in [0.15, 0.2) is 5.96 Å². The minimum absolute atomic E-state index is 0.101. The molecule has 1 aliphatic rings. The molecule has 1 aromatic rings. The van der Waals surface area contributed by atoms with Crippen molar-refractivity contribution in [1.29, 1.82) is 0 Å². The van der Waals surface area contributed by atoms with Crippen molar-refractivity contribution in [3.05, 3.63) is 30.1 Å². The third kappa shape index (κ3) is 6.74. The van der Waals surface area contributed by atoms with Gasteiger partial charge in [0.25, 0.3) is 0 Å². The molecule has 2 rings (SSSR count). The molecule has 1 aliphatic heterocycles. The van der Waals surface area contributed by atoms with Crippen LogP contribution in [-0.2, 0) is 0 Å². The number of thioether (sulfide) groups is 1. The molecule has 0 amide bonds. The Morgan fingerprint density at radius 2 is 2.28 bits per heavy atom. The average Bonchev–Trinajstić information content (AvgIpc) is 3.03. The van der Waals surface area contributed by atoms with Gasteiger partial charge in [-0.25, -0.2) is 4.39 Å². The zero-order valence-corrected chi connectivity index (χ0v) is 15.7. The van der Waals surface area contributed by atoms with Gasteiger partial charge in [-0.15, -0.1) is 0 Å². The highest BCUT2D eigenvalue weighted by Crippen LogP contribution is 2.27. The van der Waals surface area contributed by atoms with E-state index in [1.165, 1.54) is 12.1 Å². The highest BCUT2D eigenvalue weighted by molar-refractivity contribution is 7.99. The van der Waals surface area contributed by atoms with Crippen molar-refractivity contribution in [2.75, 3.05) is 31.1 Å². The summed E-state index contributed by atoms with van der Waals surface area (Å²) in [6.45, 7) is 5.69. The van der Waals surface area contributed by atoms with Gasteiger partial charge in [0.1, 0.15) is 17.7 Å². The normalized spacial score (nSPS) is 21.8. The summed E-state index contributed by atoms with van der Waals surface area (Å²) in [5.41, 5.74) is -0.699. The molecule has 0 bridgehead atoms. The van der Waals surface area contributed by atoms with Gasteiger partial charge in [-0.05, 0) is 37.7 Å². The van der Waals surface area contributed by atoms with Crippen LogP contribution in [0, 0.1) is 5.82 Å². The first-order valence-electron chi connectivity index (χ1n) is 8.79. The Balaban J connectivity index is 1.89. The number of guanidine groups is 1. The van der Waals surface area contributed by atoms with Crippen LogP contribution in [0.4, 0.5) is 4.39 Å². The van der Waals surface area contributed by atoms with E-state index in [-0.39, 0.29) is 11.9 Å². The molecule has 2 atom stereocenters. The summed E-state index contributed by atoms with van der Waals surface area (Å²) in [6.07, 6.45) is 1.46. The zero-order valence-electron chi connectivity index (χ0n) is 14.9. The van der Waals surface area contributed by atoms with Crippen molar-refractivity contribution < 1.29 is 14.2 Å². The second kappa shape index (κ2) is 9.87. The van der Waals surface area contributed by atoms with Crippen LogP contribution in [-0.4, -0.2) is 53.9 Å². The summed E-state index contributed by atoms with van der Waals surface area (Å²) >= 11 is 1.76. The number of nitrogens with one attached hydrogen (secondary N) is 2. The molecule has 0 aliphatic carbocycles. The smallest absolute Gasteiger partial charge is 0.191 e. The fourth-order valence-electron chi connectivity index (χ4n) is 2.50. The van der Waals surface area contributed by atoms with E-state index >= 15 is 0 Å². The Morgan fingerprint density at radius 3 is 2.92 bits per heavy atom. The van der Waals surface area contributed by atoms with Crippen molar-refractivity contribution >= 4 is 17.7 Å². The van der Waals surface area contributed by atoms with Crippen molar-refractivity contribution in [3.8, 4) is 5.75 Å². The molecule has 1 heterocycles. The lowest BCUT2D eigenvalue weighted by Gasteiger charge is -2.22. The van der Waals surface area contributed by atoms with Gasteiger partial charge in [-0.3, -0.25) is 4.99 Å². The standard InChI is InChI=1S/C18H28FN3O2S/c1-3-15(24-16-7-5-6-14(19)10-16)11-21-17(20-4-2)22-12-18(23)8-9-25-13-18/h5-7,10,15,23H,3-4,8-9,11-13H2,1-2H3,(H2,20,21,22). The first-order chi connectivity index (χ1) is 12.0. The summed E-state index contributed by atoms with van der Waals surface area (Å²) in [4.78, 5) is 4.51. The molecule has 0 spiro atoms. The predicted octanol–water partition coefficient (Wildman–Crippen LogP) is 2.41. The summed E-state index contributed by atoms with van der Waals surface area (Å²) in [6, 6.07) is 6.16. The van der Waals surface area contributed by atoms with Crippen LogP contribution in [0.5, 0.6) is 5.75 Å².